The molecule has 1 amide bonds. The Morgan fingerprint density at radius 2 is 2.39 bits per heavy atom. The molecule has 2 rings (SSSR count). The number of nitrogens with zero attached hydrogens (tertiary/aromatic N) is 3. The molecule has 0 saturated heterocycles. The Kier molecular flexibility index (Phi) is 4.03. The van der Waals surface area contributed by atoms with Crippen LogP contribution in [0.25, 0.3) is 0 Å². The smallest absolute Gasteiger partial charge is 0.264 e. The molecule has 0 saturated carbocycles. The van der Waals surface area contributed by atoms with Gasteiger partial charge in [0.15, 0.2) is 0 Å². The van der Waals surface area contributed by atoms with E-state index in [0.717, 1.165) is 29.3 Å². The standard InChI is InChI=1S/C11H15N5OS/c1-7(2)9-10(18-16-15-9)11(17)13-4-3-8-5-12-6-14-8/h5-7H,3-4H2,1-2H3,(H,12,14)(H,13,17). The van der Waals surface area contributed by atoms with Crippen LogP contribution in [0.2, 0.25) is 0 Å². The van der Waals surface area contributed by atoms with Crippen LogP contribution < -0.4 is 5.32 Å². The molecular weight excluding hydrogens is 250 g/mol. The topological polar surface area (TPSA) is 83.6 Å². The highest BCUT2D eigenvalue weighted by atomic mass is 32.1. The van der Waals surface area contributed by atoms with Crippen molar-refractivity contribution in [3.8, 4) is 0 Å². The van der Waals surface area contributed by atoms with Crippen LogP contribution in [0.5, 0.6) is 0 Å². The van der Waals surface area contributed by atoms with Gasteiger partial charge in [-0.15, -0.1) is 5.10 Å². The van der Waals surface area contributed by atoms with Gasteiger partial charge in [-0.1, -0.05) is 18.3 Å². The van der Waals surface area contributed by atoms with Crippen LogP contribution >= 0.6 is 11.5 Å². The van der Waals surface area contributed by atoms with E-state index in [0.29, 0.717) is 11.4 Å². The van der Waals surface area contributed by atoms with Gasteiger partial charge in [0.1, 0.15) is 4.88 Å². The molecule has 0 aliphatic heterocycles. The van der Waals surface area contributed by atoms with Crippen LogP contribution in [0.3, 0.4) is 0 Å². The number of H-pyrrole nitrogens is 1. The predicted octanol–water partition coefficient (Wildman–Crippen LogP) is 1.36. The van der Waals surface area contributed by atoms with Crippen LogP contribution in [-0.4, -0.2) is 32.0 Å². The number of nitrogens with one attached hydrogen (secondary N) is 2. The maximum absolute atomic E-state index is 12.0. The maximum Gasteiger partial charge on any atom is 0.264 e. The minimum atomic E-state index is -0.104. The SMILES string of the molecule is CC(C)c1nnsc1C(=O)NCCc1cnc[nH]1. The molecule has 18 heavy (non-hydrogen) atoms. The Morgan fingerprint density at radius 1 is 1.56 bits per heavy atom. The zero-order valence-corrected chi connectivity index (χ0v) is 11.1. The van der Waals surface area contributed by atoms with Crippen molar-refractivity contribution in [2.45, 2.75) is 26.2 Å². The van der Waals surface area contributed by atoms with Gasteiger partial charge in [0.2, 0.25) is 0 Å². The lowest BCUT2D eigenvalue weighted by molar-refractivity contribution is 0.0956. The van der Waals surface area contributed by atoms with Crippen molar-refractivity contribution in [3.05, 3.63) is 28.8 Å². The summed E-state index contributed by atoms with van der Waals surface area (Å²) < 4.78 is 3.84. The molecular formula is C11H15N5OS. The highest BCUT2D eigenvalue weighted by molar-refractivity contribution is 7.08. The minimum absolute atomic E-state index is 0.104. The van der Waals surface area contributed by atoms with Gasteiger partial charge < -0.3 is 10.3 Å². The zero-order valence-electron chi connectivity index (χ0n) is 10.3. The molecule has 2 N–H and O–H groups in total. The summed E-state index contributed by atoms with van der Waals surface area (Å²) >= 11 is 1.14. The molecule has 96 valence electrons. The number of rotatable bonds is 5. The van der Waals surface area contributed by atoms with Crippen LogP contribution in [0, 0.1) is 0 Å². The Balaban J connectivity index is 1.89. The summed E-state index contributed by atoms with van der Waals surface area (Å²) in [6.45, 7) is 4.56. The summed E-state index contributed by atoms with van der Waals surface area (Å²) in [5.41, 5.74) is 1.76. The molecule has 0 atom stereocenters. The average molecular weight is 265 g/mol. The van der Waals surface area contributed by atoms with Crippen LogP contribution in [0.1, 0.15) is 40.8 Å². The van der Waals surface area contributed by atoms with E-state index in [-0.39, 0.29) is 11.8 Å². The van der Waals surface area contributed by atoms with Gasteiger partial charge in [-0.25, -0.2) is 4.98 Å². The summed E-state index contributed by atoms with van der Waals surface area (Å²) in [6, 6.07) is 0. The second-order valence-corrected chi connectivity index (χ2v) is 4.98. The summed E-state index contributed by atoms with van der Waals surface area (Å²) in [6.07, 6.45) is 4.11. The van der Waals surface area contributed by atoms with E-state index >= 15 is 0 Å². The van der Waals surface area contributed by atoms with Crippen molar-refractivity contribution in [2.24, 2.45) is 0 Å². The number of aromatic nitrogens is 4. The molecule has 0 aromatic carbocycles. The normalized spacial score (nSPS) is 10.8. The fraction of sp³-hybridized carbons (Fsp3) is 0.455. The summed E-state index contributed by atoms with van der Waals surface area (Å²) in [4.78, 5) is 19.5. The lowest BCUT2D eigenvalue weighted by Gasteiger charge is -2.05. The molecule has 0 aliphatic rings. The molecule has 2 heterocycles. The van der Waals surface area contributed by atoms with Crippen LogP contribution in [0.15, 0.2) is 12.5 Å². The van der Waals surface area contributed by atoms with Gasteiger partial charge in [0, 0.05) is 24.9 Å². The van der Waals surface area contributed by atoms with Gasteiger partial charge in [-0.2, -0.15) is 0 Å². The van der Waals surface area contributed by atoms with Crippen LogP contribution in [-0.2, 0) is 6.42 Å². The van der Waals surface area contributed by atoms with Crippen molar-refractivity contribution in [1.82, 2.24) is 24.9 Å². The van der Waals surface area contributed by atoms with Gasteiger partial charge in [0.05, 0.1) is 12.0 Å². The molecule has 7 heteroatoms. The van der Waals surface area contributed by atoms with E-state index in [4.69, 9.17) is 0 Å². The summed E-state index contributed by atoms with van der Waals surface area (Å²) in [5, 5.41) is 6.85. The Labute approximate surface area is 109 Å². The molecule has 6 nitrogen and oxygen atoms in total. The van der Waals surface area contributed by atoms with Crippen molar-refractivity contribution < 1.29 is 4.79 Å². The van der Waals surface area contributed by atoms with E-state index in [9.17, 15) is 4.79 Å². The van der Waals surface area contributed by atoms with Gasteiger partial charge in [-0.05, 0) is 17.5 Å². The number of hydrogen-bond acceptors (Lipinski definition) is 5. The van der Waals surface area contributed by atoms with Crippen molar-refractivity contribution in [1.29, 1.82) is 0 Å². The quantitative estimate of drug-likeness (QED) is 0.855. The van der Waals surface area contributed by atoms with Crippen LogP contribution in [0.4, 0.5) is 0 Å². The summed E-state index contributed by atoms with van der Waals surface area (Å²) in [5.74, 6) is 0.102. The van der Waals surface area contributed by atoms with E-state index in [1.54, 1.807) is 12.5 Å². The first-order valence-electron chi connectivity index (χ1n) is 5.76. The van der Waals surface area contributed by atoms with Crippen molar-refractivity contribution in [3.63, 3.8) is 0 Å². The molecule has 0 spiro atoms. The van der Waals surface area contributed by atoms with E-state index in [1.165, 1.54) is 0 Å². The molecule has 0 unspecified atom stereocenters. The average Bonchev–Trinajstić information content (AvgIpc) is 2.99. The molecule has 0 radical (unpaired) electrons. The largest absolute Gasteiger partial charge is 0.351 e. The number of amides is 1. The minimum Gasteiger partial charge on any atom is -0.351 e. The first kappa shape index (κ1) is 12.7. The summed E-state index contributed by atoms with van der Waals surface area (Å²) in [7, 11) is 0. The van der Waals surface area contributed by atoms with E-state index < -0.39 is 0 Å². The molecule has 0 bridgehead atoms. The Hall–Kier alpha value is -1.76. The zero-order chi connectivity index (χ0) is 13.0. The second kappa shape index (κ2) is 5.72. The number of imidazole rings is 1. The number of carbonyl (C=O) groups is 1. The van der Waals surface area contributed by atoms with Crippen molar-refractivity contribution in [2.75, 3.05) is 6.54 Å². The molecule has 0 aliphatic carbocycles. The molecule has 2 aromatic heterocycles. The highest BCUT2D eigenvalue weighted by Crippen LogP contribution is 2.19. The Morgan fingerprint density at radius 3 is 3.06 bits per heavy atom. The fourth-order valence-electron chi connectivity index (χ4n) is 1.55. The third-order valence-electron chi connectivity index (χ3n) is 2.50. The van der Waals surface area contributed by atoms with E-state index in [2.05, 4.69) is 24.9 Å². The number of carbonyl (C=O) groups excluding carboxylic acids is 1. The lowest BCUT2D eigenvalue weighted by atomic mass is 10.1. The Bertz CT molecular complexity index is 505. The third kappa shape index (κ3) is 2.92. The highest BCUT2D eigenvalue weighted by Gasteiger charge is 2.18. The first-order valence-corrected chi connectivity index (χ1v) is 6.53. The lowest BCUT2D eigenvalue weighted by Crippen LogP contribution is -2.26. The monoisotopic (exact) mass is 265 g/mol. The maximum atomic E-state index is 12.0. The van der Waals surface area contributed by atoms with Gasteiger partial charge in [-0.3, -0.25) is 4.79 Å². The van der Waals surface area contributed by atoms with Gasteiger partial charge >= 0.3 is 0 Å². The predicted molar refractivity (Wildman–Crippen MR) is 68.6 cm³/mol. The number of hydrogen-bond donors (Lipinski definition) is 2. The first-order chi connectivity index (χ1) is 8.68. The second-order valence-electron chi connectivity index (χ2n) is 4.22. The fourth-order valence-corrected chi connectivity index (χ4v) is 2.28. The molecule has 0 fully saturated rings. The van der Waals surface area contributed by atoms with Crippen molar-refractivity contribution >= 4 is 17.4 Å². The third-order valence-corrected chi connectivity index (χ3v) is 3.24. The molecule has 2 aromatic rings. The number of aromatic amines is 1. The van der Waals surface area contributed by atoms with Gasteiger partial charge in [0.25, 0.3) is 5.91 Å². The van der Waals surface area contributed by atoms with E-state index in [1.807, 2.05) is 13.8 Å².